The van der Waals surface area contributed by atoms with Crippen molar-refractivity contribution in [3.8, 4) is 0 Å². The van der Waals surface area contributed by atoms with Gasteiger partial charge in [0.05, 0.1) is 12.6 Å². The zero-order valence-electron chi connectivity index (χ0n) is 20.0. The molecule has 180 valence electrons. The summed E-state index contributed by atoms with van der Waals surface area (Å²) in [6.07, 6.45) is 5.10. The molecule has 8 nitrogen and oxygen atoms in total. The van der Waals surface area contributed by atoms with Gasteiger partial charge in [0.15, 0.2) is 5.82 Å². The van der Waals surface area contributed by atoms with E-state index >= 15 is 0 Å². The van der Waals surface area contributed by atoms with Crippen LogP contribution >= 0.6 is 0 Å². The van der Waals surface area contributed by atoms with Gasteiger partial charge in [-0.25, -0.2) is 4.68 Å². The van der Waals surface area contributed by atoms with Gasteiger partial charge in [-0.15, -0.1) is 5.10 Å². The van der Waals surface area contributed by atoms with E-state index in [1.165, 1.54) is 11.1 Å². The topological polar surface area (TPSA) is 88.9 Å². The zero-order chi connectivity index (χ0) is 23.8. The van der Waals surface area contributed by atoms with Crippen molar-refractivity contribution in [2.24, 2.45) is 0 Å². The van der Waals surface area contributed by atoms with Crippen LogP contribution in [0.3, 0.4) is 0 Å². The van der Waals surface area contributed by atoms with Gasteiger partial charge in [0.25, 0.3) is 5.56 Å². The lowest BCUT2D eigenvalue weighted by Crippen LogP contribution is -2.39. The standard InChI is InChI=1S/C27H30N6O2/c1-2-18-11-12-23-20(15-18)16-22(27(34)28-23)25(32-13-5-8-19-7-3-4-10-24(19)32)26-29-30-31-33(26)17-21-9-6-14-35-21/h3-4,7,10-12,15-16,21,25H,2,5-6,8-9,13-14,17H2,1H3,(H,28,34)/t21-,25-/m0/s1. The SMILES string of the molecule is CCc1ccc2[nH]c(=O)c([C@@H](c3nnnn3C[C@@H]3CCCO3)N3CCCc4ccccc43)cc2c1. The van der Waals surface area contributed by atoms with Crippen LogP contribution < -0.4 is 10.5 Å². The van der Waals surface area contributed by atoms with E-state index in [0.717, 1.165) is 61.8 Å². The number of tetrazole rings is 1. The zero-order valence-corrected chi connectivity index (χ0v) is 20.0. The second-order valence-corrected chi connectivity index (χ2v) is 9.51. The van der Waals surface area contributed by atoms with E-state index in [2.05, 4.69) is 68.7 Å². The first-order chi connectivity index (χ1) is 17.2. The number of hydrogen-bond donors (Lipinski definition) is 1. The second-order valence-electron chi connectivity index (χ2n) is 9.51. The van der Waals surface area contributed by atoms with Crippen molar-refractivity contribution in [1.29, 1.82) is 0 Å². The molecule has 2 aromatic heterocycles. The average molecular weight is 471 g/mol. The summed E-state index contributed by atoms with van der Waals surface area (Å²) in [6.45, 7) is 4.32. The summed E-state index contributed by atoms with van der Waals surface area (Å²) in [5.74, 6) is 0.675. The molecule has 0 bridgehead atoms. The molecule has 6 rings (SSSR count). The Morgan fingerprint density at radius 2 is 2.09 bits per heavy atom. The van der Waals surface area contributed by atoms with E-state index in [1.807, 2.05) is 16.8 Å². The Balaban J connectivity index is 1.52. The fraction of sp³-hybridized carbons (Fsp3) is 0.407. The lowest BCUT2D eigenvalue weighted by Gasteiger charge is -2.37. The van der Waals surface area contributed by atoms with E-state index in [0.29, 0.717) is 17.9 Å². The summed E-state index contributed by atoms with van der Waals surface area (Å²) in [5, 5.41) is 13.9. The van der Waals surface area contributed by atoms with Crippen molar-refractivity contribution in [3.63, 3.8) is 0 Å². The van der Waals surface area contributed by atoms with Crippen molar-refractivity contribution in [2.75, 3.05) is 18.1 Å². The van der Waals surface area contributed by atoms with Crippen LogP contribution in [-0.2, 0) is 24.1 Å². The summed E-state index contributed by atoms with van der Waals surface area (Å²) in [5.41, 5.74) is 5.04. The molecule has 1 N–H and O–H groups in total. The number of anilines is 1. The van der Waals surface area contributed by atoms with Crippen molar-refractivity contribution in [2.45, 2.75) is 57.7 Å². The number of ether oxygens (including phenoxy) is 1. The molecule has 0 radical (unpaired) electrons. The predicted molar refractivity (Wildman–Crippen MR) is 135 cm³/mol. The van der Waals surface area contributed by atoms with E-state index in [-0.39, 0.29) is 11.7 Å². The van der Waals surface area contributed by atoms with Gasteiger partial charge in [0, 0.05) is 29.9 Å². The van der Waals surface area contributed by atoms with Crippen molar-refractivity contribution in [1.82, 2.24) is 25.2 Å². The summed E-state index contributed by atoms with van der Waals surface area (Å²) in [4.78, 5) is 19.0. The lowest BCUT2D eigenvalue weighted by atomic mass is 9.96. The Labute approximate surface area is 203 Å². The highest BCUT2D eigenvalue weighted by atomic mass is 16.5. The largest absolute Gasteiger partial charge is 0.376 e. The third kappa shape index (κ3) is 4.12. The first-order valence-electron chi connectivity index (χ1n) is 12.6. The molecule has 0 unspecified atom stereocenters. The van der Waals surface area contributed by atoms with Crippen LogP contribution in [0.4, 0.5) is 5.69 Å². The molecule has 2 atom stereocenters. The van der Waals surface area contributed by atoms with Crippen LogP contribution in [0.2, 0.25) is 0 Å². The second kappa shape index (κ2) is 9.26. The Kier molecular flexibility index (Phi) is 5.82. The molecule has 0 aliphatic carbocycles. The van der Waals surface area contributed by atoms with Gasteiger partial charge in [-0.05, 0) is 83.3 Å². The Hall–Kier alpha value is -3.52. The molecule has 0 saturated carbocycles. The number of pyridine rings is 1. The van der Waals surface area contributed by atoms with Crippen LogP contribution in [0.1, 0.15) is 54.7 Å². The number of benzene rings is 2. The molecule has 2 aliphatic rings. The van der Waals surface area contributed by atoms with Crippen LogP contribution in [0, 0.1) is 0 Å². The average Bonchev–Trinajstić information content (AvgIpc) is 3.57. The number of nitrogens with one attached hydrogen (secondary N) is 1. The Morgan fingerprint density at radius 1 is 1.17 bits per heavy atom. The van der Waals surface area contributed by atoms with Gasteiger partial charge in [-0.1, -0.05) is 31.2 Å². The van der Waals surface area contributed by atoms with Gasteiger partial charge in [0.1, 0.15) is 6.04 Å². The molecule has 4 aromatic rings. The predicted octanol–water partition coefficient (Wildman–Crippen LogP) is 3.80. The number of hydrogen-bond acceptors (Lipinski definition) is 6. The molecule has 35 heavy (non-hydrogen) atoms. The minimum absolute atomic E-state index is 0.0912. The quantitative estimate of drug-likeness (QED) is 0.461. The number of fused-ring (bicyclic) bond motifs is 2. The van der Waals surface area contributed by atoms with Gasteiger partial charge >= 0.3 is 0 Å². The smallest absolute Gasteiger partial charge is 0.254 e. The lowest BCUT2D eigenvalue weighted by molar-refractivity contribution is 0.0924. The molecule has 1 fully saturated rings. The van der Waals surface area contributed by atoms with Crippen molar-refractivity contribution in [3.05, 3.63) is 81.4 Å². The molecular weight excluding hydrogens is 440 g/mol. The highest BCUT2D eigenvalue weighted by Crippen LogP contribution is 2.36. The van der Waals surface area contributed by atoms with Gasteiger partial charge in [-0.3, -0.25) is 4.79 Å². The molecule has 2 aromatic carbocycles. The molecule has 2 aliphatic heterocycles. The molecule has 8 heteroatoms. The number of aryl methyl sites for hydroxylation is 2. The van der Waals surface area contributed by atoms with E-state index in [9.17, 15) is 4.79 Å². The fourth-order valence-corrected chi connectivity index (χ4v) is 5.49. The summed E-state index contributed by atoms with van der Waals surface area (Å²) in [7, 11) is 0. The molecule has 0 amide bonds. The maximum atomic E-state index is 13.6. The van der Waals surface area contributed by atoms with Crippen molar-refractivity contribution < 1.29 is 4.74 Å². The van der Waals surface area contributed by atoms with E-state index in [1.54, 1.807) is 0 Å². The third-order valence-electron chi connectivity index (χ3n) is 7.30. The minimum Gasteiger partial charge on any atom is -0.376 e. The number of nitrogens with zero attached hydrogens (tertiary/aromatic N) is 5. The van der Waals surface area contributed by atoms with Crippen LogP contribution in [0.15, 0.2) is 53.3 Å². The molecule has 0 spiro atoms. The van der Waals surface area contributed by atoms with Gasteiger partial charge < -0.3 is 14.6 Å². The number of H-pyrrole nitrogens is 1. The highest BCUT2D eigenvalue weighted by Gasteiger charge is 2.34. The highest BCUT2D eigenvalue weighted by molar-refractivity contribution is 5.80. The van der Waals surface area contributed by atoms with E-state index in [4.69, 9.17) is 4.74 Å². The maximum Gasteiger partial charge on any atom is 0.254 e. The first-order valence-corrected chi connectivity index (χ1v) is 12.6. The monoisotopic (exact) mass is 470 g/mol. The van der Waals surface area contributed by atoms with Crippen LogP contribution in [-0.4, -0.2) is 44.4 Å². The maximum absolute atomic E-state index is 13.6. The fourth-order valence-electron chi connectivity index (χ4n) is 5.49. The number of aromatic amines is 1. The third-order valence-corrected chi connectivity index (χ3v) is 7.30. The number of aromatic nitrogens is 5. The van der Waals surface area contributed by atoms with E-state index < -0.39 is 6.04 Å². The van der Waals surface area contributed by atoms with Crippen molar-refractivity contribution >= 4 is 16.6 Å². The summed E-state index contributed by atoms with van der Waals surface area (Å²) >= 11 is 0. The molecule has 4 heterocycles. The minimum atomic E-state index is -0.411. The molecular formula is C27H30N6O2. The summed E-state index contributed by atoms with van der Waals surface area (Å²) < 4.78 is 7.71. The Morgan fingerprint density at radius 3 is 2.94 bits per heavy atom. The van der Waals surface area contributed by atoms with Gasteiger partial charge in [-0.2, -0.15) is 0 Å². The van der Waals surface area contributed by atoms with Crippen LogP contribution in [0.25, 0.3) is 10.9 Å². The van der Waals surface area contributed by atoms with Gasteiger partial charge in [0.2, 0.25) is 0 Å². The first kappa shape index (κ1) is 22.0. The normalized spacial score (nSPS) is 18.7. The summed E-state index contributed by atoms with van der Waals surface area (Å²) in [6, 6.07) is 16.3. The number of rotatable bonds is 6. The molecule has 1 saturated heterocycles. The number of para-hydroxylation sites is 1. The Bertz CT molecular complexity index is 1400. The van der Waals surface area contributed by atoms with Crippen LogP contribution in [0.5, 0.6) is 0 Å².